The van der Waals surface area contributed by atoms with E-state index in [2.05, 4.69) is 21.2 Å². The molecule has 0 saturated heterocycles. The molecule has 0 aliphatic heterocycles. The fourth-order valence-corrected chi connectivity index (χ4v) is 3.09. The lowest BCUT2D eigenvalue weighted by Gasteiger charge is -2.14. The summed E-state index contributed by atoms with van der Waals surface area (Å²) in [7, 11) is 1.57. The molecule has 100 valence electrons. The average Bonchev–Trinajstić information content (AvgIpc) is 2.82. The number of nitrogens with one attached hydrogen (secondary N) is 1. The summed E-state index contributed by atoms with van der Waals surface area (Å²) < 4.78 is 6.02. The number of ether oxygens (including phenoxy) is 1. The third-order valence-electron chi connectivity index (χ3n) is 2.51. The highest BCUT2D eigenvalue weighted by Gasteiger charge is 2.21. The normalized spacial score (nSPS) is 11.9. The summed E-state index contributed by atoms with van der Waals surface area (Å²) in [6, 6.07) is 10.0. The number of carbonyl (C=O) groups is 1. The fourth-order valence-electron chi connectivity index (χ4n) is 1.62. The van der Waals surface area contributed by atoms with E-state index in [4.69, 9.17) is 4.74 Å². The van der Waals surface area contributed by atoms with Crippen LogP contribution < -0.4 is 10.1 Å². The number of methoxy groups -OCH3 is 1. The smallest absolute Gasteiger partial charge is 0.331 e. The third-order valence-corrected chi connectivity index (χ3v) is 4.19. The Labute approximate surface area is 123 Å². The van der Waals surface area contributed by atoms with Gasteiger partial charge in [0.2, 0.25) is 0 Å². The second-order valence-corrected chi connectivity index (χ2v) is 6.28. The lowest BCUT2D eigenvalue weighted by Crippen LogP contribution is -2.19. The summed E-state index contributed by atoms with van der Waals surface area (Å²) in [4.78, 5) is 12.1. The van der Waals surface area contributed by atoms with Crippen LogP contribution in [-0.2, 0) is 4.79 Å². The van der Waals surface area contributed by atoms with E-state index in [0.717, 1.165) is 8.66 Å². The minimum Gasteiger partial charge on any atom is -0.497 e. The molecule has 6 heteroatoms. The molecule has 4 nitrogen and oxygen atoms in total. The number of carboxylic acids is 1. The first kappa shape index (κ1) is 13.9. The van der Waals surface area contributed by atoms with Crippen LogP contribution in [0.5, 0.6) is 5.75 Å². The molecule has 2 rings (SSSR count). The highest BCUT2D eigenvalue weighted by atomic mass is 79.9. The van der Waals surface area contributed by atoms with Gasteiger partial charge in [0.1, 0.15) is 5.75 Å². The zero-order valence-corrected chi connectivity index (χ0v) is 12.5. The maximum absolute atomic E-state index is 11.4. The van der Waals surface area contributed by atoms with Crippen LogP contribution in [0.2, 0.25) is 0 Å². The monoisotopic (exact) mass is 341 g/mol. The van der Waals surface area contributed by atoms with E-state index in [0.29, 0.717) is 11.4 Å². The van der Waals surface area contributed by atoms with Gasteiger partial charge in [0.25, 0.3) is 0 Å². The molecule has 1 atom stereocenters. The fraction of sp³-hybridized carbons (Fsp3) is 0.154. The van der Waals surface area contributed by atoms with Gasteiger partial charge < -0.3 is 15.2 Å². The number of aliphatic carboxylic acids is 1. The summed E-state index contributed by atoms with van der Waals surface area (Å²) in [5.41, 5.74) is 0.705. The Morgan fingerprint density at radius 2 is 2.21 bits per heavy atom. The van der Waals surface area contributed by atoms with Crippen LogP contribution in [0, 0.1) is 0 Å². The van der Waals surface area contributed by atoms with Crippen molar-refractivity contribution in [3.8, 4) is 5.75 Å². The van der Waals surface area contributed by atoms with Crippen LogP contribution in [0.4, 0.5) is 5.69 Å². The van der Waals surface area contributed by atoms with Crippen LogP contribution in [0.1, 0.15) is 10.9 Å². The first-order chi connectivity index (χ1) is 9.10. The summed E-state index contributed by atoms with van der Waals surface area (Å²) >= 11 is 4.73. The maximum atomic E-state index is 11.4. The topological polar surface area (TPSA) is 58.6 Å². The van der Waals surface area contributed by atoms with Crippen molar-refractivity contribution in [2.24, 2.45) is 0 Å². The number of benzene rings is 1. The molecule has 0 amide bonds. The second kappa shape index (κ2) is 6.08. The zero-order valence-electron chi connectivity index (χ0n) is 10.1. The van der Waals surface area contributed by atoms with Gasteiger partial charge in [-0.3, -0.25) is 0 Å². The molecule has 1 unspecified atom stereocenters. The van der Waals surface area contributed by atoms with Crippen molar-refractivity contribution >= 4 is 38.9 Å². The van der Waals surface area contributed by atoms with Crippen molar-refractivity contribution in [3.63, 3.8) is 0 Å². The lowest BCUT2D eigenvalue weighted by atomic mass is 10.2. The van der Waals surface area contributed by atoms with E-state index in [9.17, 15) is 9.90 Å². The van der Waals surface area contributed by atoms with E-state index >= 15 is 0 Å². The van der Waals surface area contributed by atoms with Crippen LogP contribution in [0.3, 0.4) is 0 Å². The molecule has 1 aromatic heterocycles. The third kappa shape index (κ3) is 3.48. The van der Waals surface area contributed by atoms with E-state index in [1.807, 2.05) is 18.2 Å². The second-order valence-electron chi connectivity index (χ2n) is 3.79. The molecule has 0 fully saturated rings. The molecule has 2 N–H and O–H groups in total. The average molecular weight is 342 g/mol. The summed E-state index contributed by atoms with van der Waals surface area (Å²) in [6.07, 6.45) is 0. The molecule has 0 radical (unpaired) electrons. The zero-order chi connectivity index (χ0) is 13.8. The number of thiophene rings is 1. The molecule has 1 aromatic carbocycles. The first-order valence-corrected chi connectivity index (χ1v) is 7.09. The van der Waals surface area contributed by atoms with Gasteiger partial charge in [-0.05, 0) is 40.2 Å². The highest BCUT2D eigenvalue weighted by molar-refractivity contribution is 9.11. The Morgan fingerprint density at radius 3 is 2.79 bits per heavy atom. The molecule has 0 saturated carbocycles. The molecular formula is C13H12BrNO3S. The van der Waals surface area contributed by atoms with Gasteiger partial charge in [-0.1, -0.05) is 6.07 Å². The highest BCUT2D eigenvalue weighted by Crippen LogP contribution is 2.30. The van der Waals surface area contributed by atoms with Crippen molar-refractivity contribution in [1.82, 2.24) is 0 Å². The first-order valence-electron chi connectivity index (χ1n) is 5.49. The Morgan fingerprint density at radius 1 is 1.42 bits per heavy atom. The van der Waals surface area contributed by atoms with Gasteiger partial charge >= 0.3 is 5.97 Å². The Kier molecular flexibility index (Phi) is 4.44. The van der Waals surface area contributed by atoms with Gasteiger partial charge in [-0.2, -0.15) is 0 Å². The number of rotatable bonds is 5. The predicted molar refractivity (Wildman–Crippen MR) is 79.0 cm³/mol. The largest absolute Gasteiger partial charge is 0.497 e. The molecule has 1 heterocycles. The SMILES string of the molecule is COc1cccc(NC(C(=O)O)c2ccc(Br)s2)c1. The van der Waals surface area contributed by atoms with Crippen molar-refractivity contribution in [3.05, 3.63) is 45.1 Å². The number of hydrogen-bond donors (Lipinski definition) is 2. The van der Waals surface area contributed by atoms with Crippen molar-refractivity contribution in [1.29, 1.82) is 0 Å². The molecule has 0 spiro atoms. The van der Waals surface area contributed by atoms with Crippen molar-refractivity contribution < 1.29 is 14.6 Å². The number of carboxylic acid groups (broad SMARTS) is 1. The van der Waals surface area contributed by atoms with Crippen LogP contribution in [0.15, 0.2) is 40.2 Å². The van der Waals surface area contributed by atoms with Crippen LogP contribution in [-0.4, -0.2) is 18.2 Å². The molecule has 0 bridgehead atoms. The van der Waals surface area contributed by atoms with E-state index in [1.165, 1.54) is 11.3 Å². The minimum absolute atomic E-state index is 0.682. The summed E-state index contributed by atoms with van der Waals surface area (Å²) in [5, 5.41) is 12.3. The minimum atomic E-state index is -0.919. The Hall–Kier alpha value is -1.53. The molecule has 19 heavy (non-hydrogen) atoms. The maximum Gasteiger partial charge on any atom is 0.331 e. The molecular weight excluding hydrogens is 330 g/mol. The number of halogens is 1. The van der Waals surface area contributed by atoms with E-state index in [-0.39, 0.29) is 0 Å². The standard InChI is InChI=1S/C13H12BrNO3S/c1-18-9-4-2-3-8(7-9)15-12(13(16)17)10-5-6-11(14)19-10/h2-7,12,15H,1H3,(H,16,17). The van der Waals surface area contributed by atoms with Crippen LogP contribution in [0.25, 0.3) is 0 Å². The number of hydrogen-bond acceptors (Lipinski definition) is 4. The van der Waals surface area contributed by atoms with E-state index in [1.54, 1.807) is 25.3 Å². The lowest BCUT2D eigenvalue weighted by molar-refractivity contribution is -0.138. The quantitative estimate of drug-likeness (QED) is 0.869. The van der Waals surface area contributed by atoms with E-state index < -0.39 is 12.0 Å². The summed E-state index contributed by atoms with van der Waals surface area (Å²) in [6.45, 7) is 0. The summed E-state index contributed by atoms with van der Waals surface area (Å²) in [5.74, 6) is -0.237. The molecule has 2 aromatic rings. The molecule has 0 aliphatic rings. The van der Waals surface area contributed by atoms with Crippen LogP contribution >= 0.6 is 27.3 Å². The van der Waals surface area contributed by atoms with Gasteiger partial charge in [-0.15, -0.1) is 11.3 Å². The van der Waals surface area contributed by atoms with Crippen molar-refractivity contribution in [2.75, 3.05) is 12.4 Å². The van der Waals surface area contributed by atoms with Crippen molar-refractivity contribution in [2.45, 2.75) is 6.04 Å². The van der Waals surface area contributed by atoms with Gasteiger partial charge in [0.15, 0.2) is 6.04 Å². The van der Waals surface area contributed by atoms with Gasteiger partial charge in [-0.25, -0.2) is 4.79 Å². The Balaban J connectivity index is 2.23. The predicted octanol–water partition coefficient (Wildman–Crippen LogP) is 3.76. The Bertz CT molecular complexity index is 585. The number of anilines is 1. The van der Waals surface area contributed by atoms with Gasteiger partial charge in [0, 0.05) is 16.6 Å². The van der Waals surface area contributed by atoms with Gasteiger partial charge in [0.05, 0.1) is 10.9 Å². The molecule has 0 aliphatic carbocycles.